The topological polar surface area (TPSA) is 82.1 Å². The van der Waals surface area contributed by atoms with E-state index in [4.69, 9.17) is 14.2 Å². The van der Waals surface area contributed by atoms with Gasteiger partial charge in [-0.2, -0.15) is 4.31 Å². The molecule has 3 aromatic carbocycles. The van der Waals surface area contributed by atoms with Crippen LogP contribution in [0.25, 0.3) is 0 Å². The molecule has 3 aromatic rings. The van der Waals surface area contributed by atoms with Crippen LogP contribution in [-0.2, 0) is 10.0 Å². The SMILES string of the molecule is CCOc1cc(C(=O)N(c2ccccc2)S(=O)(=O)c2ccc(C)cc2)cc(OCC)c1OCC. The average Bonchev–Trinajstić information content (AvgIpc) is 2.82. The largest absolute Gasteiger partial charge is 0.490 e. The van der Waals surface area contributed by atoms with Crippen LogP contribution in [-0.4, -0.2) is 34.1 Å². The molecule has 0 fully saturated rings. The number of benzene rings is 3. The van der Waals surface area contributed by atoms with Gasteiger partial charge in [0.15, 0.2) is 11.5 Å². The molecule has 0 aliphatic rings. The van der Waals surface area contributed by atoms with E-state index in [9.17, 15) is 13.2 Å². The van der Waals surface area contributed by atoms with Crippen LogP contribution in [0.2, 0.25) is 0 Å². The van der Waals surface area contributed by atoms with Gasteiger partial charge in [0.2, 0.25) is 5.75 Å². The third-order valence-electron chi connectivity index (χ3n) is 4.89. The number of hydrogen-bond donors (Lipinski definition) is 0. The minimum Gasteiger partial charge on any atom is -0.490 e. The number of aryl methyl sites for hydroxylation is 1. The maximum Gasteiger partial charge on any atom is 0.272 e. The van der Waals surface area contributed by atoms with Crippen LogP contribution in [0, 0.1) is 6.92 Å². The molecule has 0 spiro atoms. The van der Waals surface area contributed by atoms with E-state index in [1.165, 1.54) is 24.3 Å². The van der Waals surface area contributed by atoms with Gasteiger partial charge in [-0.3, -0.25) is 4.79 Å². The number of rotatable bonds is 10. The number of sulfonamides is 1. The predicted octanol–water partition coefficient (Wildman–Crippen LogP) is 5.23. The van der Waals surface area contributed by atoms with Gasteiger partial charge in [0.25, 0.3) is 15.9 Å². The number of hydrogen-bond acceptors (Lipinski definition) is 6. The summed E-state index contributed by atoms with van der Waals surface area (Å²) in [6.07, 6.45) is 0. The number of carbonyl (C=O) groups excluding carboxylic acids is 1. The van der Waals surface area contributed by atoms with Crippen LogP contribution in [0.1, 0.15) is 36.7 Å². The first-order chi connectivity index (χ1) is 16.3. The molecule has 0 radical (unpaired) electrons. The molecule has 0 atom stereocenters. The van der Waals surface area contributed by atoms with Crippen molar-refractivity contribution in [1.82, 2.24) is 0 Å². The molecule has 0 N–H and O–H groups in total. The Balaban J connectivity index is 2.19. The number of anilines is 1. The van der Waals surface area contributed by atoms with E-state index < -0.39 is 15.9 Å². The number of amides is 1. The predicted molar refractivity (Wildman–Crippen MR) is 132 cm³/mol. The van der Waals surface area contributed by atoms with E-state index in [1.54, 1.807) is 42.5 Å². The van der Waals surface area contributed by atoms with Crippen molar-refractivity contribution in [3.8, 4) is 17.2 Å². The number of nitrogens with zero attached hydrogens (tertiary/aromatic N) is 1. The highest BCUT2D eigenvalue weighted by Gasteiger charge is 2.33. The molecule has 0 bridgehead atoms. The summed E-state index contributed by atoms with van der Waals surface area (Å²) in [5.41, 5.74) is 1.22. The van der Waals surface area contributed by atoms with Crippen molar-refractivity contribution in [2.75, 3.05) is 24.1 Å². The molecule has 7 nitrogen and oxygen atoms in total. The average molecular weight is 484 g/mol. The van der Waals surface area contributed by atoms with Crippen molar-refractivity contribution in [3.63, 3.8) is 0 Å². The first kappa shape index (κ1) is 25.1. The minimum absolute atomic E-state index is 0.0105. The smallest absolute Gasteiger partial charge is 0.272 e. The van der Waals surface area contributed by atoms with E-state index >= 15 is 0 Å². The summed E-state index contributed by atoms with van der Waals surface area (Å²) >= 11 is 0. The molecule has 34 heavy (non-hydrogen) atoms. The highest BCUT2D eigenvalue weighted by molar-refractivity contribution is 7.93. The summed E-state index contributed by atoms with van der Waals surface area (Å²) in [4.78, 5) is 13.8. The second-order valence-electron chi connectivity index (χ2n) is 7.32. The van der Waals surface area contributed by atoms with E-state index in [0.29, 0.717) is 37.1 Å². The lowest BCUT2D eigenvalue weighted by Gasteiger charge is -2.24. The molecule has 8 heteroatoms. The van der Waals surface area contributed by atoms with Gasteiger partial charge in [0.05, 0.1) is 30.4 Å². The van der Waals surface area contributed by atoms with Crippen molar-refractivity contribution in [2.45, 2.75) is 32.6 Å². The van der Waals surface area contributed by atoms with Gasteiger partial charge < -0.3 is 14.2 Å². The summed E-state index contributed by atoms with van der Waals surface area (Å²) in [6, 6.07) is 17.6. The molecule has 0 unspecified atom stereocenters. The monoisotopic (exact) mass is 483 g/mol. The second-order valence-corrected chi connectivity index (χ2v) is 9.11. The van der Waals surface area contributed by atoms with E-state index in [0.717, 1.165) is 9.87 Å². The molecular weight excluding hydrogens is 454 g/mol. The summed E-state index contributed by atoms with van der Waals surface area (Å²) in [5, 5.41) is 0. The molecule has 3 rings (SSSR count). The second kappa shape index (κ2) is 11.1. The lowest BCUT2D eigenvalue weighted by molar-refractivity contribution is 0.100. The Morgan fingerprint density at radius 1 is 0.794 bits per heavy atom. The minimum atomic E-state index is -4.22. The van der Waals surface area contributed by atoms with Gasteiger partial charge >= 0.3 is 0 Å². The first-order valence-electron chi connectivity index (χ1n) is 11.1. The molecule has 0 saturated heterocycles. The Morgan fingerprint density at radius 2 is 1.32 bits per heavy atom. The number of ether oxygens (including phenoxy) is 3. The molecule has 0 aromatic heterocycles. The molecule has 0 aliphatic heterocycles. The number of carbonyl (C=O) groups is 1. The molecular formula is C26H29NO6S. The molecule has 0 heterocycles. The Kier molecular flexibility index (Phi) is 8.17. The van der Waals surface area contributed by atoms with Crippen LogP contribution in [0.5, 0.6) is 17.2 Å². The summed E-state index contributed by atoms with van der Waals surface area (Å²) in [6.45, 7) is 8.33. The Labute approximate surface area is 200 Å². The highest BCUT2D eigenvalue weighted by Crippen LogP contribution is 2.40. The summed E-state index contributed by atoms with van der Waals surface area (Å²) < 4.78 is 45.3. The van der Waals surface area contributed by atoms with Crippen molar-refractivity contribution in [2.24, 2.45) is 0 Å². The molecule has 0 saturated carbocycles. The van der Waals surface area contributed by atoms with Gasteiger partial charge in [-0.15, -0.1) is 0 Å². The Morgan fingerprint density at radius 3 is 1.82 bits per heavy atom. The molecule has 1 amide bonds. The lowest BCUT2D eigenvalue weighted by atomic mass is 10.1. The fourth-order valence-corrected chi connectivity index (χ4v) is 4.79. The van der Waals surface area contributed by atoms with Crippen LogP contribution in [0.15, 0.2) is 71.6 Å². The summed E-state index contributed by atoms with van der Waals surface area (Å²) in [7, 11) is -4.22. The third-order valence-corrected chi connectivity index (χ3v) is 6.62. The van der Waals surface area contributed by atoms with Crippen LogP contribution in [0.4, 0.5) is 5.69 Å². The lowest BCUT2D eigenvalue weighted by Crippen LogP contribution is -2.37. The summed E-state index contributed by atoms with van der Waals surface area (Å²) in [5.74, 6) is 0.242. The quantitative estimate of drug-likeness (QED) is 0.393. The van der Waals surface area contributed by atoms with Crippen molar-refractivity contribution < 1.29 is 27.4 Å². The standard InChI is InChI=1S/C26H29NO6S/c1-5-31-23-17-20(18-24(32-6-2)25(23)33-7-3)26(28)27(21-11-9-8-10-12-21)34(29,30)22-15-13-19(4)14-16-22/h8-18H,5-7H2,1-4H3. The van der Waals surface area contributed by atoms with Gasteiger partial charge in [-0.25, -0.2) is 8.42 Å². The fraction of sp³-hybridized carbons (Fsp3) is 0.269. The highest BCUT2D eigenvalue weighted by atomic mass is 32.2. The van der Waals surface area contributed by atoms with Crippen LogP contribution in [0.3, 0.4) is 0 Å². The fourth-order valence-electron chi connectivity index (χ4n) is 3.37. The first-order valence-corrected chi connectivity index (χ1v) is 12.5. The maximum absolute atomic E-state index is 13.8. The zero-order chi connectivity index (χ0) is 24.7. The van der Waals surface area contributed by atoms with Gasteiger partial charge in [-0.05, 0) is 64.1 Å². The normalized spacial score (nSPS) is 11.1. The zero-order valence-corrected chi connectivity index (χ0v) is 20.6. The van der Waals surface area contributed by atoms with Crippen LogP contribution >= 0.6 is 0 Å². The van der Waals surface area contributed by atoms with Crippen LogP contribution < -0.4 is 18.5 Å². The van der Waals surface area contributed by atoms with Crippen molar-refractivity contribution in [1.29, 1.82) is 0 Å². The molecule has 0 aliphatic carbocycles. The molecule has 180 valence electrons. The maximum atomic E-state index is 13.8. The van der Waals surface area contributed by atoms with Crippen molar-refractivity contribution in [3.05, 3.63) is 77.9 Å². The van der Waals surface area contributed by atoms with E-state index in [-0.39, 0.29) is 16.1 Å². The Bertz CT molecular complexity index is 1200. The third kappa shape index (κ3) is 5.34. The van der Waals surface area contributed by atoms with Gasteiger partial charge in [0.1, 0.15) is 0 Å². The van der Waals surface area contributed by atoms with E-state index in [2.05, 4.69) is 0 Å². The van der Waals surface area contributed by atoms with Crippen molar-refractivity contribution >= 4 is 21.6 Å². The van der Waals surface area contributed by atoms with E-state index in [1.807, 2.05) is 27.7 Å². The number of para-hydroxylation sites is 1. The zero-order valence-electron chi connectivity index (χ0n) is 19.8. The van der Waals surface area contributed by atoms with Gasteiger partial charge in [0, 0.05) is 5.56 Å². The van der Waals surface area contributed by atoms with Gasteiger partial charge in [-0.1, -0.05) is 35.9 Å². The Hall–Kier alpha value is -3.52.